The summed E-state index contributed by atoms with van der Waals surface area (Å²) >= 11 is 0. The van der Waals surface area contributed by atoms with Crippen molar-refractivity contribution in [3.63, 3.8) is 0 Å². The molecule has 1 unspecified atom stereocenters. The number of nitrogens with one attached hydrogen (secondary N) is 2. The highest BCUT2D eigenvalue weighted by molar-refractivity contribution is 6.06. The Morgan fingerprint density at radius 2 is 1.95 bits per heavy atom. The molecule has 2 aromatic carbocycles. The summed E-state index contributed by atoms with van der Waals surface area (Å²) in [5.41, 5.74) is -0.479. The fourth-order valence-corrected chi connectivity index (χ4v) is 5.88. The monoisotopic (exact) mass is 579 g/mol. The number of carbonyl (C=O) groups is 3. The average Bonchev–Trinajstić information content (AvgIpc) is 3.27. The maximum Gasteiger partial charge on any atom is 0.294 e. The maximum atomic E-state index is 14.6. The summed E-state index contributed by atoms with van der Waals surface area (Å²) in [4.78, 5) is 42.2. The van der Waals surface area contributed by atoms with Crippen LogP contribution in [0.4, 0.5) is 4.39 Å². The summed E-state index contributed by atoms with van der Waals surface area (Å²) in [6.07, 6.45) is 4.05. The predicted octanol–water partition coefficient (Wildman–Crippen LogP) is 3.95. The number of carbonyl (C=O) groups excluding carboxylic acids is 3. The smallest absolute Gasteiger partial charge is 0.294 e. The predicted molar refractivity (Wildman–Crippen MR) is 150 cm³/mol. The van der Waals surface area contributed by atoms with Gasteiger partial charge in [-0.05, 0) is 69.4 Å². The number of methoxy groups -OCH3 is 2. The van der Waals surface area contributed by atoms with Crippen molar-refractivity contribution >= 4 is 28.7 Å². The summed E-state index contributed by atoms with van der Waals surface area (Å²) in [5.74, 6) is -1.23. The van der Waals surface area contributed by atoms with Crippen LogP contribution < -0.4 is 20.1 Å². The molecule has 0 spiro atoms. The number of fused-ring (bicyclic) bond motifs is 3. The number of benzene rings is 2. The Kier molecular flexibility index (Phi) is 7.30. The number of rotatable bonds is 8. The first-order chi connectivity index (χ1) is 20.2. The molecule has 0 bridgehead atoms. The molecule has 2 fully saturated rings. The number of amides is 3. The van der Waals surface area contributed by atoms with Crippen LogP contribution in [-0.2, 0) is 16.1 Å². The number of ether oxygens (including phenoxy) is 3. The van der Waals surface area contributed by atoms with Crippen molar-refractivity contribution in [1.29, 1.82) is 0 Å². The van der Waals surface area contributed by atoms with Crippen molar-refractivity contribution in [2.75, 3.05) is 20.8 Å². The first-order valence-electron chi connectivity index (χ1n) is 14.2. The van der Waals surface area contributed by atoms with Crippen LogP contribution in [0.5, 0.6) is 11.5 Å². The number of hydrogen-bond donors (Lipinski definition) is 2. The number of halogens is 1. The standard InChI is InChI=1S/C31H34FN3O7/c1-31(30(38)33-15-22-23(32)8-5-9-24(22)40-3)16-41-26-21-11-10-17(28(36)34-18-6-4-7-18)12-25(21)42-27(26)29(37)35(31)19-13-20(14-19)39-2/h5,8-12,18-20H,4,6-7,13-16H2,1-3H3,(H,33,38)(H,34,36). The molecule has 1 aliphatic heterocycles. The lowest BCUT2D eigenvalue weighted by Crippen LogP contribution is -2.66. The van der Waals surface area contributed by atoms with Gasteiger partial charge in [-0.1, -0.05) is 6.07 Å². The Balaban J connectivity index is 1.30. The lowest BCUT2D eigenvalue weighted by Gasteiger charge is -2.48. The van der Waals surface area contributed by atoms with Gasteiger partial charge in [-0.25, -0.2) is 4.39 Å². The van der Waals surface area contributed by atoms with Crippen LogP contribution in [0, 0.1) is 5.82 Å². The SMILES string of the molecule is COc1cccc(F)c1CNC(=O)C1(C)COc2c(oc3cc(C(=O)NC4CCC4)ccc23)C(=O)N1C1CC(OC)C1. The van der Waals surface area contributed by atoms with Gasteiger partial charge in [0.2, 0.25) is 11.7 Å². The molecule has 3 amide bonds. The molecule has 222 valence electrons. The zero-order valence-electron chi connectivity index (χ0n) is 23.8. The van der Waals surface area contributed by atoms with Gasteiger partial charge in [-0.15, -0.1) is 0 Å². The quantitative estimate of drug-likeness (QED) is 0.415. The van der Waals surface area contributed by atoms with E-state index in [2.05, 4.69) is 10.6 Å². The molecule has 2 N–H and O–H groups in total. The molecule has 2 heterocycles. The van der Waals surface area contributed by atoms with Crippen molar-refractivity contribution < 1.29 is 37.4 Å². The van der Waals surface area contributed by atoms with Gasteiger partial charge >= 0.3 is 0 Å². The minimum Gasteiger partial charge on any atom is -0.496 e. The number of nitrogens with zero attached hydrogens (tertiary/aromatic N) is 1. The van der Waals surface area contributed by atoms with Crippen molar-refractivity contribution in [3.05, 3.63) is 59.1 Å². The molecule has 6 rings (SSSR count). The van der Waals surface area contributed by atoms with E-state index in [1.54, 1.807) is 38.3 Å². The van der Waals surface area contributed by atoms with Gasteiger partial charge in [0.05, 0.1) is 18.6 Å². The largest absolute Gasteiger partial charge is 0.496 e. The summed E-state index contributed by atoms with van der Waals surface area (Å²) in [6, 6.07) is 9.28. The van der Waals surface area contributed by atoms with Gasteiger partial charge in [0, 0.05) is 36.9 Å². The Morgan fingerprint density at radius 1 is 1.17 bits per heavy atom. The highest BCUT2D eigenvalue weighted by Crippen LogP contribution is 2.42. The third kappa shape index (κ3) is 4.75. The number of furan rings is 1. The van der Waals surface area contributed by atoms with Gasteiger partial charge in [-0.2, -0.15) is 0 Å². The van der Waals surface area contributed by atoms with E-state index in [-0.39, 0.29) is 54.3 Å². The van der Waals surface area contributed by atoms with E-state index in [1.807, 2.05) is 0 Å². The fraction of sp³-hybridized carbons (Fsp3) is 0.452. The molecule has 3 aromatic rings. The molecular formula is C31H34FN3O7. The lowest BCUT2D eigenvalue weighted by molar-refractivity contribution is -0.138. The first kappa shape index (κ1) is 28.0. The lowest BCUT2D eigenvalue weighted by atomic mass is 9.83. The van der Waals surface area contributed by atoms with Gasteiger partial charge in [0.15, 0.2) is 11.3 Å². The summed E-state index contributed by atoms with van der Waals surface area (Å²) < 4.78 is 37.5. The van der Waals surface area contributed by atoms with Crippen molar-refractivity contribution in [2.45, 2.75) is 69.3 Å². The minimum atomic E-state index is -1.45. The Morgan fingerprint density at radius 3 is 2.64 bits per heavy atom. The molecule has 1 aromatic heterocycles. The fourth-order valence-electron chi connectivity index (χ4n) is 5.88. The summed E-state index contributed by atoms with van der Waals surface area (Å²) in [7, 11) is 3.04. The van der Waals surface area contributed by atoms with E-state index in [0.717, 1.165) is 19.3 Å². The zero-order chi connectivity index (χ0) is 29.6. The van der Waals surface area contributed by atoms with Gasteiger partial charge in [0.1, 0.15) is 23.8 Å². The molecule has 2 saturated carbocycles. The maximum absolute atomic E-state index is 14.6. The second kappa shape index (κ2) is 10.9. The van der Waals surface area contributed by atoms with Gasteiger partial charge < -0.3 is 34.2 Å². The molecular weight excluding hydrogens is 545 g/mol. The van der Waals surface area contributed by atoms with Crippen LogP contribution in [-0.4, -0.2) is 67.2 Å². The van der Waals surface area contributed by atoms with E-state index < -0.39 is 23.2 Å². The first-order valence-corrected chi connectivity index (χ1v) is 14.2. The molecule has 11 heteroatoms. The van der Waals surface area contributed by atoms with Crippen molar-refractivity contribution in [3.8, 4) is 11.5 Å². The molecule has 42 heavy (non-hydrogen) atoms. The molecule has 0 radical (unpaired) electrons. The van der Waals surface area contributed by atoms with Crippen molar-refractivity contribution in [1.82, 2.24) is 15.5 Å². The molecule has 3 aliphatic rings. The highest BCUT2D eigenvalue weighted by atomic mass is 19.1. The average molecular weight is 580 g/mol. The van der Waals surface area contributed by atoms with Crippen LogP contribution >= 0.6 is 0 Å². The Labute approximate surface area is 242 Å². The van der Waals surface area contributed by atoms with Gasteiger partial charge in [0.25, 0.3) is 11.8 Å². The van der Waals surface area contributed by atoms with Crippen LogP contribution in [0.3, 0.4) is 0 Å². The minimum absolute atomic E-state index is 0.0327. The third-order valence-corrected chi connectivity index (χ3v) is 8.77. The van der Waals surface area contributed by atoms with E-state index >= 15 is 0 Å². The van der Waals surface area contributed by atoms with E-state index in [4.69, 9.17) is 18.6 Å². The van der Waals surface area contributed by atoms with E-state index in [9.17, 15) is 18.8 Å². The Bertz CT molecular complexity index is 1540. The van der Waals surface area contributed by atoms with Crippen LogP contribution in [0.1, 0.15) is 65.5 Å². The van der Waals surface area contributed by atoms with Gasteiger partial charge in [-0.3, -0.25) is 14.4 Å². The molecule has 1 atom stereocenters. The van der Waals surface area contributed by atoms with Crippen molar-refractivity contribution in [2.24, 2.45) is 0 Å². The summed E-state index contributed by atoms with van der Waals surface area (Å²) in [6.45, 7) is 1.32. The normalized spacial score (nSPS) is 23.7. The zero-order valence-corrected chi connectivity index (χ0v) is 23.8. The second-order valence-corrected chi connectivity index (χ2v) is 11.4. The summed E-state index contributed by atoms with van der Waals surface area (Å²) in [5, 5.41) is 6.33. The van der Waals surface area contributed by atoms with E-state index in [1.165, 1.54) is 24.1 Å². The molecule has 2 aliphatic carbocycles. The Hall–Kier alpha value is -4.12. The molecule has 10 nitrogen and oxygen atoms in total. The van der Waals surface area contributed by atoms with E-state index in [0.29, 0.717) is 35.1 Å². The third-order valence-electron chi connectivity index (χ3n) is 8.77. The highest BCUT2D eigenvalue weighted by Gasteiger charge is 2.53. The van der Waals surface area contributed by atoms with Crippen LogP contribution in [0.25, 0.3) is 11.0 Å². The number of hydrogen-bond acceptors (Lipinski definition) is 7. The van der Waals surface area contributed by atoms with Crippen LogP contribution in [0.2, 0.25) is 0 Å². The molecule has 0 saturated heterocycles. The van der Waals surface area contributed by atoms with Crippen LogP contribution in [0.15, 0.2) is 40.8 Å². The topological polar surface area (TPSA) is 119 Å². The second-order valence-electron chi connectivity index (χ2n) is 11.4.